The Labute approximate surface area is 141 Å². The molecule has 3 atom stereocenters. The molecule has 2 N–H and O–H groups in total. The van der Waals surface area contributed by atoms with Crippen LogP contribution in [-0.4, -0.2) is 53.3 Å². The molecule has 7 nitrogen and oxygen atoms in total. The fourth-order valence-corrected chi connectivity index (χ4v) is 3.55. The van der Waals surface area contributed by atoms with Gasteiger partial charge >= 0.3 is 11.9 Å². The molecule has 0 spiro atoms. The van der Waals surface area contributed by atoms with Crippen LogP contribution < -0.4 is 10.2 Å². The lowest BCUT2D eigenvalue weighted by molar-refractivity contribution is -0.157. The molecule has 2 fully saturated rings. The molecule has 24 heavy (non-hydrogen) atoms. The summed E-state index contributed by atoms with van der Waals surface area (Å²) in [7, 11) is 0. The summed E-state index contributed by atoms with van der Waals surface area (Å²) in [6.45, 7) is 7.85. The maximum absolute atomic E-state index is 12.8. The number of hydrogen-bond donors (Lipinski definition) is 2. The van der Waals surface area contributed by atoms with Crippen molar-refractivity contribution in [3.05, 3.63) is 24.0 Å². The Kier molecular flexibility index (Phi) is 4.21. The molecule has 0 amide bonds. The number of aromatic nitrogens is 1. The van der Waals surface area contributed by atoms with Gasteiger partial charge in [-0.15, -0.1) is 0 Å². The lowest BCUT2D eigenvalue weighted by atomic mass is 9.94. The third kappa shape index (κ3) is 3.21. The van der Waals surface area contributed by atoms with E-state index < -0.39 is 17.6 Å². The van der Waals surface area contributed by atoms with Crippen molar-refractivity contribution >= 4 is 17.6 Å². The van der Waals surface area contributed by atoms with Gasteiger partial charge in [-0.05, 0) is 32.8 Å². The number of carbonyl (C=O) groups is 2. The van der Waals surface area contributed by atoms with Crippen molar-refractivity contribution < 1.29 is 19.4 Å². The molecule has 7 heteroatoms. The highest BCUT2D eigenvalue weighted by molar-refractivity contribution is 5.89. The van der Waals surface area contributed by atoms with E-state index in [0.29, 0.717) is 18.2 Å². The standard InChI is InChI=1S/C17H23N3O4/c1-17(2,3)24-16(23)14-13-8-19-6-11(13)9-20(14)12-4-10(15(21)22)5-18-7-12/h4-5,7,11,13-14,19H,6,8-9H2,1-3H3,(H,21,22). The summed E-state index contributed by atoms with van der Waals surface area (Å²) in [4.78, 5) is 30.0. The third-order valence-corrected chi connectivity index (χ3v) is 4.52. The average Bonchev–Trinajstić information content (AvgIpc) is 3.05. The van der Waals surface area contributed by atoms with Crippen molar-refractivity contribution in [3.63, 3.8) is 0 Å². The summed E-state index contributed by atoms with van der Waals surface area (Å²) in [6, 6.07) is 1.15. The SMILES string of the molecule is CC(C)(C)OC(=O)C1C2CNCC2CN1c1cncc(C(=O)O)c1. The molecule has 3 rings (SSSR count). The maximum atomic E-state index is 12.8. The van der Waals surface area contributed by atoms with Crippen LogP contribution in [0.25, 0.3) is 0 Å². The van der Waals surface area contributed by atoms with E-state index in [0.717, 1.165) is 13.1 Å². The Hall–Kier alpha value is -2.15. The molecule has 2 aliphatic rings. The first-order chi connectivity index (χ1) is 11.3. The number of anilines is 1. The van der Waals surface area contributed by atoms with Crippen molar-refractivity contribution in [2.75, 3.05) is 24.5 Å². The third-order valence-electron chi connectivity index (χ3n) is 4.52. The molecule has 0 bridgehead atoms. The summed E-state index contributed by atoms with van der Waals surface area (Å²) in [5, 5.41) is 12.5. The second-order valence-electron chi connectivity index (χ2n) is 7.45. The van der Waals surface area contributed by atoms with Gasteiger partial charge in [-0.25, -0.2) is 9.59 Å². The predicted octanol–water partition coefficient (Wildman–Crippen LogP) is 1.15. The molecule has 0 saturated carbocycles. The molecular formula is C17H23N3O4. The number of nitrogens with zero attached hydrogens (tertiary/aromatic N) is 2. The van der Waals surface area contributed by atoms with Crippen LogP contribution in [0.5, 0.6) is 0 Å². The fraction of sp³-hybridized carbons (Fsp3) is 0.588. The van der Waals surface area contributed by atoms with E-state index in [1.165, 1.54) is 6.20 Å². The highest BCUT2D eigenvalue weighted by Gasteiger charge is 2.49. The average molecular weight is 333 g/mol. The van der Waals surface area contributed by atoms with Crippen LogP contribution in [0.3, 0.4) is 0 Å². The number of aromatic carboxylic acids is 1. The molecular weight excluding hydrogens is 310 g/mol. The van der Waals surface area contributed by atoms with Crippen molar-refractivity contribution in [1.82, 2.24) is 10.3 Å². The zero-order valence-corrected chi connectivity index (χ0v) is 14.2. The Morgan fingerprint density at radius 3 is 2.75 bits per heavy atom. The fourth-order valence-electron chi connectivity index (χ4n) is 3.55. The minimum atomic E-state index is -1.03. The smallest absolute Gasteiger partial charge is 0.337 e. The van der Waals surface area contributed by atoms with Gasteiger partial charge in [0.2, 0.25) is 0 Å². The number of nitrogens with one attached hydrogen (secondary N) is 1. The molecule has 1 aromatic rings. The normalized spacial score (nSPS) is 26.3. The molecule has 0 aliphatic carbocycles. The number of carboxylic acids is 1. The Morgan fingerprint density at radius 2 is 2.08 bits per heavy atom. The number of hydrogen-bond acceptors (Lipinski definition) is 6. The lowest BCUT2D eigenvalue weighted by Gasteiger charge is -2.31. The molecule has 3 unspecified atom stereocenters. The molecule has 3 heterocycles. The molecule has 2 aliphatic heterocycles. The first-order valence-electron chi connectivity index (χ1n) is 8.15. The molecule has 2 saturated heterocycles. The number of pyridine rings is 1. The highest BCUT2D eigenvalue weighted by atomic mass is 16.6. The van der Waals surface area contributed by atoms with Gasteiger partial charge in [0, 0.05) is 31.7 Å². The van der Waals surface area contributed by atoms with Gasteiger partial charge < -0.3 is 20.1 Å². The van der Waals surface area contributed by atoms with E-state index in [1.54, 1.807) is 12.3 Å². The van der Waals surface area contributed by atoms with Gasteiger partial charge in [-0.3, -0.25) is 4.98 Å². The Balaban J connectivity index is 1.92. The Morgan fingerprint density at radius 1 is 1.33 bits per heavy atom. The summed E-state index contributed by atoms with van der Waals surface area (Å²) in [5.41, 5.74) is 0.208. The first kappa shape index (κ1) is 16.7. The molecule has 130 valence electrons. The summed E-state index contributed by atoms with van der Waals surface area (Å²) >= 11 is 0. The number of rotatable bonds is 3. The second-order valence-corrected chi connectivity index (χ2v) is 7.45. The number of carbonyl (C=O) groups excluding carboxylic acids is 1. The predicted molar refractivity (Wildman–Crippen MR) is 88.0 cm³/mol. The van der Waals surface area contributed by atoms with E-state index in [-0.39, 0.29) is 17.5 Å². The largest absolute Gasteiger partial charge is 0.478 e. The lowest BCUT2D eigenvalue weighted by Crippen LogP contribution is -2.45. The van der Waals surface area contributed by atoms with Crippen molar-refractivity contribution in [3.8, 4) is 0 Å². The van der Waals surface area contributed by atoms with Crippen LogP contribution in [0.1, 0.15) is 31.1 Å². The summed E-state index contributed by atoms with van der Waals surface area (Å²) < 4.78 is 5.61. The van der Waals surface area contributed by atoms with E-state index in [9.17, 15) is 14.7 Å². The van der Waals surface area contributed by atoms with Crippen LogP contribution in [-0.2, 0) is 9.53 Å². The number of fused-ring (bicyclic) bond motifs is 1. The van der Waals surface area contributed by atoms with Crippen molar-refractivity contribution in [2.24, 2.45) is 11.8 Å². The van der Waals surface area contributed by atoms with E-state index >= 15 is 0 Å². The zero-order valence-electron chi connectivity index (χ0n) is 14.2. The van der Waals surface area contributed by atoms with Gasteiger partial charge in [0.1, 0.15) is 11.6 Å². The number of carboxylic acid groups (broad SMARTS) is 1. The van der Waals surface area contributed by atoms with Crippen LogP contribution in [0.4, 0.5) is 5.69 Å². The monoisotopic (exact) mass is 333 g/mol. The van der Waals surface area contributed by atoms with E-state index in [2.05, 4.69) is 10.3 Å². The van der Waals surface area contributed by atoms with E-state index in [1.807, 2.05) is 25.7 Å². The minimum Gasteiger partial charge on any atom is -0.478 e. The maximum Gasteiger partial charge on any atom is 0.337 e. The summed E-state index contributed by atoms with van der Waals surface area (Å²) in [6.07, 6.45) is 2.92. The first-order valence-corrected chi connectivity index (χ1v) is 8.15. The minimum absolute atomic E-state index is 0.116. The van der Waals surface area contributed by atoms with E-state index in [4.69, 9.17) is 4.74 Å². The molecule has 1 aromatic heterocycles. The molecule has 0 aromatic carbocycles. The van der Waals surface area contributed by atoms with Gasteiger partial charge in [-0.1, -0.05) is 0 Å². The van der Waals surface area contributed by atoms with Gasteiger partial charge in [-0.2, -0.15) is 0 Å². The zero-order chi connectivity index (χ0) is 17.5. The molecule has 0 radical (unpaired) electrons. The summed E-state index contributed by atoms with van der Waals surface area (Å²) in [5.74, 6) is -0.789. The Bertz CT molecular complexity index is 655. The second kappa shape index (κ2) is 6.05. The van der Waals surface area contributed by atoms with Gasteiger partial charge in [0.05, 0.1) is 17.4 Å². The quantitative estimate of drug-likeness (QED) is 0.802. The van der Waals surface area contributed by atoms with Crippen molar-refractivity contribution in [1.29, 1.82) is 0 Å². The topological polar surface area (TPSA) is 91.8 Å². The van der Waals surface area contributed by atoms with Crippen LogP contribution in [0.15, 0.2) is 18.5 Å². The van der Waals surface area contributed by atoms with Crippen LogP contribution >= 0.6 is 0 Å². The van der Waals surface area contributed by atoms with Gasteiger partial charge in [0.25, 0.3) is 0 Å². The highest BCUT2D eigenvalue weighted by Crippen LogP contribution is 2.37. The van der Waals surface area contributed by atoms with Crippen LogP contribution in [0.2, 0.25) is 0 Å². The van der Waals surface area contributed by atoms with Gasteiger partial charge in [0.15, 0.2) is 0 Å². The number of esters is 1. The van der Waals surface area contributed by atoms with Crippen molar-refractivity contribution in [2.45, 2.75) is 32.4 Å². The van der Waals surface area contributed by atoms with Crippen LogP contribution in [0, 0.1) is 11.8 Å². The number of ether oxygens (including phenoxy) is 1.